The highest BCUT2D eigenvalue weighted by Crippen LogP contribution is 2.34. The quantitative estimate of drug-likeness (QED) is 0.594. The molecule has 0 saturated carbocycles. The van der Waals surface area contributed by atoms with Gasteiger partial charge in [-0.05, 0) is 43.2 Å². The zero-order valence-electron chi connectivity index (χ0n) is 17.9. The van der Waals surface area contributed by atoms with Crippen LogP contribution in [0.4, 0.5) is 0 Å². The molecule has 1 N–H and O–H groups in total. The number of carbonyl (C=O) groups excluding carboxylic acids is 2. The van der Waals surface area contributed by atoms with E-state index < -0.39 is 18.5 Å². The van der Waals surface area contributed by atoms with Gasteiger partial charge in [0.1, 0.15) is 11.5 Å². The zero-order chi connectivity index (χ0) is 22.1. The Morgan fingerprint density at radius 2 is 1.40 bits per heavy atom. The molecule has 8 heteroatoms. The summed E-state index contributed by atoms with van der Waals surface area (Å²) in [5.41, 5.74) is 2.75. The second kappa shape index (κ2) is 10.9. The van der Waals surface area contributed by atoms with E-state index in [4.69, 9.17) is 23.7 Å². The van der Waals surface area contributed by atoms with E-state index in [2.05, 4.69) is 5.32 Å². The molecule has 0 heterocycles. The lowest BCUT2D eigenvalue weighted by Crippen LogP contribution is -2.29. The number of hydrogen-bond acceptors (Lipinski definition) is 7. The first-order valence-electron chi connectivity index (χ1n) is 9.28. The third kappa shape index (κ3) is 6.58. The first-order chi connectivity index (χ1) is 14.4. The molecule has 0 atom stereocenters. The van der Waals surface area contributed by atoms with Crippen LogP contribution in [0.5, 0.6) is 23.0 Å². The zero-order valence-corrected chi connectivity index (χ0v) is 17.9. The number of esters is 1. The van der Waals surface area contributed by atoms with Crippen molar-refractivity contribution < 1.29 is 33.3 Å². The summed E-state index contributed by atoms with van der Waals surface area (Å²) in [4.78, 5) is 23.9. The van der Waals surface area contributed by atoms with Gasteiger partial charge in [0.05, 0.1) is 21.3 Å². The van der Waals surface area contributed by atoms with Crippen molar-refractivity contribution in [3.05, 3.63) is 47.0 Å². The van der Waals surface area contributed by atoms with Crippen molar-refractivity contribution in [1.29, 1.82) is 0 Å². The average Bonchev–Trinajstić information content (AvgIpc) is 2.73. The van der Waals surface area contributed by atoms with Crippen LogP contribution in [0.1, 0.15) is 16.7 Å². The molecule has 1 amide bonds. The Hall–Kier alpha value is -3.42. The van der Waals surface area contributed by atoms with Crippen LogP contribution in [0, 0.1) is 13.8 Å². The number of ether oxygens (including phenoxy) is 5. The van der Waals surface area contributed by atoms with Gasteiger partial charge in [-0.2, -0.15) is 0 Å². The van der Waals surface area contributed by atoms with E-state index in [1.165, 1.54) is 21.3 Å². The second-order valence-electron chi connectivity index (χ2n) is 6.57. The van der Waals surface area contributed by atoms with E-state index in [1.807, 2.05) is 32.0 Å². The predicted octanol–water partition coefficient (Wildman–Crippen LogP) is 2.57. The lowest BCUT2D eigenvalue weighted by atomic mass is 10.1. The summed E-state index contributed by atoms with van der Waals surface area (Å²) in [7, 11) is 4.56. The van der Waals surface area contributed by atoms with Crippen LogP contribution in [0.25, 0.3) is 0 Å². The van der Waals surface area contributed by atoms with Crippen LogP contribution in [-0.2, 0) is 20.9 Å². The van der Waals surface area contributed by atoms with Gasteiger partial charge >= 0.3 is 5.97 Å². The molecule has 8 nitrogen and oxygen atoms in total. The minimum Gasteiger partial charge on any atom is -0.496 e. The summed E-state index contributed by atoms with van der Waals surface area (Å²) in [6.45, 7) is 3.36. The summed E-state index contributed by atoms with van der Waals surface area (Å²) in [6, 6.07) is 9.03. The number of amides is 1. The van der Waals surface area contributed by atoms with Gasteiger partial charge < -0.3 is 29.0 Å². The molecule has 0 fully saturated rings. The Kier molecular flexibility index (Phi) is 8.34. The molecular weight excluding hydrogens is 390 g/mol. The van der Waals surface area contributed by atoms with E-state index in [0.29, 0.717) is 28.6 Å². The highest BCUT2D eigenvalue weighted by Gasteiger charge is 2.14. The van der Waals surface area contributed by atoms with Crippen molar-refractivity contribution in [2.24, 2.45) is 0 Å². The molecule has 0 aromatic heterocycles. The number of nitrogens with one attached hydrogen (secondary N) is 1. The minimum absolute atomic E-state index is 0.166. The number of methoxy groups -OCH3 is 3. The molecule has 2 aromatic rings. The third-order valence-electron chi connectivity index (χ3n) is 4.18. The first-order valence-corrected chi connectivity index (χ1v) is 9.28. The standard InChI is InChI=1S/C22H27NO7/c1-14-6-15(2)8-17(7-14)29-13-22(25)30-12-21(24)23-11-16-9-19(27-4)20(28-5)10-18(16)26-3/h6-10H,11-13H2,1-5H3,(H,23,24). The van der Waals surface area contributed by atoms with Crippen LogP contribution in [0.2, 0.25) is 0 Å². The van der Waals surface area contributed by atoms with Crippen molar-refractivity contribution in [1.82, 2.24) is 5.32 Å². The van der Waals surface area contributed by atoms with Gasteiger partial charge in [-0.1, -0.05) is 6.07 Å². The predicted molar refractivity (Wildman–Crippen MR) is 110 cm³/mol. The average molecular weight is 417 g/mol. The van der Waals surface area contributed by atoms with Crippen molar-refractivity contribution in [2.45, 2.75) is 20.4 Å². The van der Waals surface area contributed by atoms with Gasteiger partial charge in [0, 0.05) is 18.2 Å². The number of benzene rings is 2. The fourth-order valence-corrected chi connectivity index (χ4v) is 2.82. The molecule has 2 aromatic carbocycles. The fraction of sp³-hybridized carbons (Fsp3) is 0.364. The first kappa shape index (κ1) is 22.9. The Labute approximate surface area is 176 Å². The maximum Gasteiger partial charge on any atom is 0.344 e. The van der Waals surface area contributed by atoms with Crippen LogP contribution in [0.3, 0.4) is 0 Å². The van der Waals surface area contributed by atoms with Crippen molar-refractivity contribution in [3.8, 4) is 23.0 Å². The largest absolute Gasteiger partial charge is 0.496 e. The Balaban J connectivity index is 1.82. The Morgan fingerprint density at radius 3 is 2.00 bits per heavy atom. The van der Waals surface area contributed by atoms with Crippen molar-refractivity contribution in [2.75, 3.05) is 34.5 Å². The maximum absolute atomic E-state index is 12.0. The van der Waals surface area contributed by atoms with Gasteiger partial charge in [0.2, 0.25) is 0 Å². The molecule has 0 aliphatic carbocycles. The van der Waals surface area contributed by atoms with Gasteiger partial charge in [-0.15, -0.1) is 0 Å². The maximum atomic E-state index is 12.0. The van der Waals surface area contributed by atoms with E-state index in [-0.39, 0.29) is 13.2 Å². The second-order valence-corrected chi connectivity index (χ2v) is 6.57. The number of hydrogen-bond donors (Lipinski definition) is 1. The Morgan fingerprint density at radius 1 is 0.800 bits per heavy atom. The summed E-state index contributed by atoms with van der Waals surface area (Å²) in [5.74, 6) is 1.06. The molecule has 30 heavy (non-hydrogen) atoms. The van der Waals surface area contributed by atoms with Crippen LogP contribution in [0.15, 0.2) is 30.3 Å². The van der Waals surface area contributed by atoms with Crippen molar-refractivity contribution in [3.63, 3.8) is 0 Å². The third-order valence-corrected chi connectivity index (χ3v) is 4.18. The van der Waals surface area contributed by atoms with Gasteiger partial charge in [0.15, 0.2) is 24.7 Å². The van der Waals surface area contributed by atoms with E-state index in [0.717, 1.165) is 11.1 Å². The Bertz CT molecular complexity index is 875. The molecule has 2 rings (SSSR count). The lowest BCUT2D eigenvalue weighted by Gasteiger charge is -2.14. The van der Waals surface area contributed by atoms with E-state index >= 15 is 0 Å². The highest BCUT2D eigenvalue weighted by molar-refractivity contribution is 5.81. The molecule has 0 aliphatic heterocycles. The highest BCUT2D eigenvalue weighted by atomic mass is 16.6. The molecule has 162 valence electrons. The van der Waals surface area contributed by atoms with E-state index in [1.54, 1.807) is 12.1 Å². The number of aryl methyl sites for hydroxylation is 2. The monoisotopic (exact) mass is 417 g/mol. The molecule has 0 bridgehead atoms. The van der Waals surface area contributed by atoms with Crippen LogP contribution < -0.4 is 24.3 Å². The fourth-order valence-electron chi connectivity index (χ4n) is 2.82. The summed E-state index contributed by atoms with van der Waals surface area (Å²) in [5, 5.41) is 2.67. The van der Waals surface area contributed by atoms with Crippen molar-refractivity contribution >= 4 is 11.9 Å². The topological polar surface area (TPSA) is 92.3 Å². The smallest absolute Gasteiger partial charge is 0.344 e. The molecule has 0 spiro atoms. The summed E-state index contributed by atoms with van der Waals surface area (Å²) >= 11 is 0. The molecule has 0 unspecified atom stereocenters. The summed E-state index contributed by atoms with van der Waals surface area (Å²) < 4.78 is 26.2. The normalized spacial score (nSPS) is 10.2. The number of rotatable bonds is 10. The van der Waals surface area contributed by atoms with Gasteiger partial charge in [0.25, 0.3) is 5.91 Å². The molecule has 0 radical (unpaired) electrons. The van der Waals surface area contributed by atoms with Gasteiger partial charge in [-0.3, -0.25) is 4.79 Å². The SMILES string of the molecule is COc1cc(OC)c(OC)cc1CNC(=O)COC(=O)COc1cc(C)cc(C)c1. The van der Waals surface area contributed by atoms with Crippen LogP contribution in [-0.4, -0.2) is 46.4 Å². The number of carbonyl (C=O) groups is 2. The van der Waals surface area contributed by atoms with E-state index in [9.17, 15) is 9.59 Å². The molecular formula is C22H27NO7. The van der Waals surface area contributed by atoms with Crippen LogP contribution >= 0.6 is 0 Å². The minimum atomic E-state index is -0.631. The molecule has 0 aliphatic rings. The van der Waals surface area contributed by atoms with Gasteiger partial charge in [-0.25, -0.2) is 4.79 Å². The lowest BCUT2D eigenvalue weighted by molar-refractivity contribution is -0.150. The summed E-state index contributed by atoms with van der Waals surface area (Å²) in [6.07, 6.45) is 0. The molecule has 0 saturated heterocycles.